The first-order valence-electron chi connectivity index (χ1n) is 8.25. The third-order valence-electron chi connectivity index (χ3n) is 3.49. The minimum absolute atomic E-state index is 0.0195. The molecule has 0 unspecified atom stereocenters. The summed E-state index contributed by atoms with van der Waals surface area (Å²) in [5.41, 5.74) is 0.327. The van der Waals surface area contributed by atoms with E-state index in [9.17, 15) is 18.5 Å². The summed E-state index contributed by atoms with van der Waals surface area (Å²) in [6.07, 6.45) is 2.95. The average Bonchev–Trinajstić information content (AvgIpc) is 3.20. The molecule has 0 saturated heterocycles. The van der Waals surface area contributed by atoms with E-state index in [0.717, 1.165) is 11.3 Å². The van der Waals surface area contributed by atoms with Crippen LogP contribution in [0.25, 0.3) is 6.08 Å². The molecule has 0 bridgehead atoms. The molecule has 2 rings (SSSR count). The highest BCUT2D eigenvalue weighted by Gasteiger charge is 2.20. The molecular weight excluding hydrogens is 416 g/mol. The van der Waals surface area contributed by atoms with Crippen molar-refractivity contribution < 1.29 is 22.7 Å². The summed E-state index contributed by atoms with van der Waals surface area (Å²) in [4.78, 5) is 12.4. The van der Waals surface area contributed by atoms with Crippen LogP contribution in [0.2, 0.25) is 0 Å². The van der Waals surface area contributed by atoms with Gasteiger partial charge in [-0.1, -0.05) is 37.0 Å². The third kappa shape index (κ3) is 5.63. The van der Waals surface area contributed by atoms with Crippen molar-refractivity contribution in [2.24, 2.45) is 0 Å². The Bertz CT molecular complexity index is 1080. The monoisotopic (exact) mass is 434 g/mol. The summed E-state index contributed by atoms with van der Waals surface area (Å²) in [7, 11) is -2.05. The minimum Gasteiger partial charge on any atom is -0.493 e. The van der Waals surface area contributed by atoms with Crippen LogP contribution in [-0.2, 0) is 14.6 Å². The van der Waals surface area contributed by atoms with Crippen molar-refractivity contribution in [3.05, 3.63) is 42.0 Å². The summed E-state index contributed by atoms with van der Waals surface area (Å²) in [6.45, 7) is 5.36. The highest BCUT2D eigenvalue weighted by atomic mass is 32.2. The Hall–Kier alpha value is -3.23. The van der Waals surface area contributed by atoms with Gasteiger partial charge in [0.25, 0.3) is 5.91 Å². The van der Waals surface area contributed by atoms with Gasteiger partial charge in [0.05, 0.1) is 12.9 Å². The zero-order chi connectivity index (χ0) is 21.4. The van der Waals surface area contributed by atoms with Crippen molar-refractivity contribution in [2.75, 3.05) is 24.8 Å². The Morgan fingerprint density at radius 1 is 1.38 bits per heavy atom. The lowest BCUT2D eigenvalue weighted by atomic mass is 10.1. The molecule has 0 radical (unpaired) electrons. The Balaban J connectivity index is 2.22. The molecular formula is C18H18N4O5S2. The van der Waals surface area contributed by atoms with Crippen LogP contribution in [-0.4, -0.2) is 44.0 Å². The summed E-state index contributed by atoms with van der Waals surface area (Å²) < 4.78 is 34.1. The van der Waals surface area contributed by atoms with Gasteiger partial charge in [-0.2, -0.15) is 5.26 Å². The SMILES string of the molecule is C=CCOc1ccc(/C=C(/C#N)C(=O)Nc2nnc(S(=O)(=O)CC)s2)cc1OC. The molecule has 9 nitrogen and oxygen atoms in total. The van der Waals surface area contributed by atoms with Gasteiger partial charge in [-0.05, 0) is 23.8 Å². The standard InChI is InChI=1S/C18H18N4O5S2/c1-4-8-27-14-7-6-12(10-15(14)26-3)9-13(11-19)16(23)20-17-21-22-18(28-17)29(24,25)5-2/h4,6-7,9-10H,1,5,8H2,2-3H3,(H,20,21,23)/b13-9-. The largest absolute Gasteiger partial charge is 0.493 e. The van der Waals surface area contributed by atoms with Crippen LogP contribution < -0.4 is 14.8 Å². The molecule has 0 saturated carbocycles. The lowest BCUT2D eigenvalue weighted by molar-refractivity contribution is -0.112. The third-order valence-corrected chi connectivity index (χ3v) is 6.51. The average molecular weight is 434 g/mol. The maximum absolute atomic E-state index is 12.4. The zero-order valence-electron chi connectivity index (χ0n) is 15.7. The molecule has 1 amide bonds. The number of aromatic nitrogens is 2. The lowest BCUT2D eigenvalue weighted by Gasteiger charge is -2.10. The van der Waals surface area contributed by atoms with Crippen molar-refractivity contribution >= 4 is 38.3 Å². The normalized spacial score (nSPS) is 11.4. The number of sulfone groups is 1. The Labute approximate surface area is 172 Å². The van der Waals surface area contributed by atoms with Gasteiger partial charge >= 0.3 is 0 Å². The van der Waals surface area contributed by atoms with Gasteiger partial charge in [-0.3, -0.25) is 10.1 Å². The number of carbonyl (C=O) groups excluding carboxylic acids is 1. The molecule has 0 aliphatic carbocycles. The number of carbonyl (C=O) groups is 1. The van der Waals surface area contributed by atoms with E-state index < -0.39 is 15.7 Å². The van der Waals surface area contributed by atoms with E-state index in [1.165, 1.54) is 20.1 Å². The number of hydrogen-bond acceptors (Lipinski definition) is 9. The first kappa shape index (κ1) is 22.1. The number of anilines is 1. The maximum atomic E-state index is 12.4. The van der Waals surface area contributed by atoms with E-state index >= 15 is 0 Å². The number of hydrogen-bond donors (Lipinski definition) is 1. The Morgan fingerprint density at radius 3 is 2.76 bits per heavy atom. The smallest absolute Gasteiger partial charge is 0.268 e. The number of benzene rings is 1. The van der Waals surface area contributed by atoms with E-state index in [4.69, 9.17) is 9.47 Å². The van der Waals surface area contributed by atoms with Crippen molar-refractivity contribution in [3.8, 4) is 17.6 Å². The quantitative estimate of drug-likeness (QED) is 0.275. The van der Waals surface area contributed by atoms with Crippen LogP contribution in [0, 0.1) is 11.3 Å². The molecule has 0 atom stereocenters. The molecule has 1 N–H and O–H groups in total. The van der Waals surface area contributed by atoms with Crippen molar-refractivity contribution in [2.45, 2.75) is 11.3 Å². The summed E-state index contributed by atoms with van der Waals surface area (Å²) in [5, 5.41) is 18.9. The molecule has 29 heavy (non-hydrogen) atoms. The van der Waals surface area contributed by atoms with E-state index in [-0.39, 0.29) is 20.8 Å². The van der Waals surface area contributed by atoms with Crippen molar-refractivity contribution in [1.82, 2.24) is 10.2 Å². The zero-order valence-corrected chi connectivity index (χ0v) is 17.3. The number of nitrogens with zero attached hydrogens (tertiary/aromatic N) is 3. The van der Waals surface area contributed by atoms with E-state index in [2.05, 4.69) is 22.1 Å². The van der Waals surface area contributed by atoms with Gasteiger partial charge in [0.15, 0.2) is 11.5 Å². The van der Waals surface area contributed by atoms with E-state index in [1.54, 1.807) is 24.3 Å². The number of amides is 1. The molecule has 0 aliphatic heterocycles. The van der Waals surface area contributed by atoms with Crippen LogP contribution in [0.4, 0.5) is 5.13 Å². The summed E-state index contributed by atoms with van der Waals surface area (Å²) in [5.74, 6) is 0.0469. The fraction of sp³-hybridized carbons (Fsp3) is 0.222. The van der Waals surface area contributed by atoms with Gasteiger partial charge in [0.2, 0.25) is 19.3 Å². The van der Waals surface area contributed by atoms with Crippen LogP contribution in [0.15, 0.2) is 40.8 Å². The number of nitrogens with one attached hydrogen (secondary N) is 1. The number of methoxy groups -OCH3 is 1. The van der Waals surface area contributed by atoms with Crippen molar-refractivity contribution in [3.63, 3.8) is 0 Å². The fourth-order valence-electron chi connectivity index (χ4n) is 2.03. The summed E-state index contributed by atoms with van der Waals surface area (Å²) in [6, 6.07) is 6.72. The van der Waals surface area contributed by atoms with Crippen LogP contribution in [0.5, 0.6) is 11.5 Å². The van der Waals surface area contributed by atoms with Gasteiger partial charge in [-0.25, -0.2) is 8.42 Å². The predicted octanol–water partition coefficient (Wildman–Crippen LogP) is 2.45. The molecule has 11 heteroatoms. The highest BCUT2D eigenvalue weighted by Crippen LogP contribution is 2.29. The summed E-state index contributed by atoms with van der Waals surface area (Å²) >= 11 is 0.719. The fourth-order valence-corrected chi connectivity index (χ4v) is 4.01. The molecule has 2 aromatic rings. The topological polar surface area (TPSA) is 131 Å². The van der Waals surface area contributed by atoms with Crippen LogP contribution in [0.1, 0.15) is 12.5 Å². The van der Waals surface area contributed by atoms with Crippen LogP contribution >= 0.6 is 11.3 Å². The highest BCUT2D eigenvalue weighted by molar-refractivity contribution is 7.93. The first-order valence-corrected chi connectivity index (χ1v) is 10.7. The second-order valence-corrected chi connectivity index (χ2v) is 8.84. The van der Waals surface area contributed by atoms with Gasteiger partial charge in [-0.15, -0.1) is 10.2 Å². The molecule has 0 spiro atoms. The molecule has 1 aromatic heterocycles. The second kappa shape index (κ2) is 9.81. The van der Waals surface area contributed by atoms with Crippen LogP contribution in [0.3, 0.4) is 0 Å². The van der Waals surface area contributed by atoms with E-state index in [1.807, 2.05) is 6.07 Å². The number of nitriles is 1. The Kier molecular flexibility index (Phi) is 7.46. The number of ether oxygens (including phenoxy) is 2. The Morgan fingerprint density at radius 2 is 2.14 bits per heavy atom. The maximum Gasteiger partial charge on any atom is 0.268 e. The molecule has 0 aliphatic rings. The number of rotatable bonds is 9. The molecule has 1 aromatic carbocycles. The van der Waals surface area contributed by atoms with Crippen molar-refractivity contribution in [1.29, 1.82) is 5.26 Å². The lowest BCUT2D eigenvalue weighted by Crippen LogP contribution is -2.13. The van der Waals surface area contributed by atoms with Gasteiger partial charge < -0.3 is 9.47 Å². The van der Waals surface area contributed by atoms with Gasteiger partial charge in [0.1, 0.15) is 18.2 Å². The minimum atomic E-state index is -3.52. The molecule has 1 heterocycles. The molecule has 0 fully saturated rings. The predicted molar refractivity (Wildman–Crippen MR) is 109 cm³/mol. The molecule has 152 valence electrons. The second-order valence-electron chi connectivity index (χ2n) is 5.41. The van der Waals surface area contributed by atoms with Gasteiger partial charge in [0, 0.05) is 0 Å². The van der Waals surface area contributed by atoms with E-state index in [0.29, 0.717) is 23.7 Å². The first-order chi connectivity index (χ1) is 13.8.